The van der Waals surface area contributed by atoms with E-state index in [0.29, 0.717) is 5.13 Å². The molecule has 4 rings (SSSR count). The number of hydrogen-bond acceptors (Lipinski definition) is 4. The highest BCUT2D eigenvalue weighted by Gasteiger charge is 2.18. The third kappa shape index (κ3) is 4.55. The van der Waals surface area contributed by atoms with E-state index in [-0.39, 0.29) is 24.3 Å². The standard InChI is InChI=1S/C24H21N3O2S/c1-16(28)25-21(18-9-3-2-4-10-18)14-23(29)27-24-26-22(15-30-24)20-13-7-11-17-8-5-6-12-19(17)20/h2-13,15,21H,14H2,1H3,(H,25,28)(H,26,27,29)/t21-/m0/s1. The fraction of sp³-hybridized carbons (Fsp3) is 0.125. The third-order valence-electron chi connectivity index (χ3n) is 4.79. The monoisotopic (exact) mass is 415 g/mol. The molecular weight excluding hydrogens is 394 g/mol. The van der Waals surface area contributed by atoms with Gasteiger partial charge in [-0.1, -0.05) is 72.8 Å². The molecule has 0 bridgehead atoms. The SMILES string of the molecule is CC(=O)N[C@@H](CC(=O)Nc1nc(-c2cccc3ccccc23)cs1)c1ccccc1. The molecular formula is C24H21N3O2S. The van der Waals surface area contributed by atoms with Crippen LogP contribution < -0.4 is 10.6 Å². The van der Waals surface area contributed by atoms with Crippen LogP contribution in [0.5, 0.6) is 0 Å². The van der Waals surface area contributed by atoms with Crippen molar-refractivity contribution in [2.24, 2.45) is 0 Å². The van der Waals surface area contributed by atoms with E-state index in [2.05, 4.69) is 33.8 Å². The number of rotatable bonds is 6. The van der Waals surface area contributed by atoms with Crippen LogP contribution >= 0.6 is 11.3 Å². The van der Waals surface area contributed by atoms with E-state index >= 15 is 0 Å². The van der Waals surface area contributed by atoms with E-state index in [9.17, 15) is 9.59 Å². The summed E-state index contributed by atoms with van der Waals surface area (Å²) in [5.41, 5.74) is 2.75. The highest BCUT2D eigenvalue weighted by Crippen LogP contribution is 2.31. The Hall–Kier alpha value is -3.51. The number of nitrogens with zero attached hydrogens (tertiary/aromatic N) is 1. The van der Waals surface area contributed by atoms with E-state index in [4.69, 9.17) is 0 Å². The van der Waals surface area contributed by atoms with Crippen LogP contribution in [0.3, 0.4) is 0 Å². The Bertz CT molecular complexity index is 1180. The van der Waals surface area contributed by atoms with Crippen LogP contribution in [-0.2, 0) is 9.59 Å². The molecule has 0 fully saturated rings. The minimum Gasteiger partial charge on any atom is -0.349 e. The highest BCUT2D eigenvalue weighted by atomic mass is 32.1. The number of benzene rings is 3. The summed E-state index contributed by atoms with van der Waals surface area (Å²) in [6.45, 7) is 1.45. The normalized spacial score (nSPS) is 11.8. The van der Waals surface area contributed by atoms with Crippen molar-refractivity contribution in [2.75, 3.05) is 5.32 Å². The maximum Gasteiger partial charge on any atom is 0.228 e. The van der Waals surface area contributed by atoms with Gasteiger partial charge in [0.2, 0.25) is 11.8 Å². The van der Waals surface area contributed by atoms with Crippen molar-refractivity contribution < 1.29 is 9.59 Å². The van der Waals surface area contributed by atoms with Gasteiger partial charge >= 0.3 is 0 Å². The smallest absolute Gasteiger partial charge is 0.228 e. The van der Waals surface area contributed by atoms with Gasteiger partial charge in [0, 0.05) is 17.9 Å². The number of carbonyl (C=O) groups is 2. The average molecular weight is 416 g/mol. The van der Waals surface area contributed by atoms with Crippen molar-refractivity contribution in [3.8, 4) is 11.3 Å². The molecule has 0 spiro atoms. The minimum atomic E-state index is -0.388. The number of hydrogen-bond donors (Lipinski definition) is 2. The molecule has 5 nitrogen and oxygen atoms in total. The van der Waals surface area contributed by atoms with Gasteiger partial charge in [0.05, 0.1) is 18.2 Å². The van der Waals surface area contributed by atoms with Gasteiger partial charge in [0.25, 0.3) is 0 Å². The molecule has 30 heavy (non-hydrogen) atoms. The van der Waals surface area contributed by atoms with Crippen molar-refractivity contribution in [1.82, 2.24) is 10.3 Å². The van der Waals surface area contributed by atoms with Gasteiger partial charge in [-0.2, -0.15) is 0 Å². The summed E-state index contributed by atoms with van der Waals surface area (Å²) in [5.74, 6) is -0.374. The third-order valence-corrected chi connectivity index (χ3v) is 5.54. The Morgan fingerprint density at radius 3 is 2.50 bits per heavy atom. The number of carbonyl (C=O) groups excluding carboxylic acids is 2. The lowest BCUT2D eigenvalue weighted by atomic mass is 10.0. The average Bonchev–Trinajstić information content (AvgIpc) is 3.21. The quantitative estimate of drug-likeness (QED) is 0.456. The molecule has 6 heteroatoms. The molecule has 1 heterocycles. The second kappa shape index (κ2) is 8.88. The van der Waals surface area contributed by atoms with Gasteiger partial charge in [-0.3, -0.25) is 9.59 Å². The lowest BCUT2D eigenvalue weighted by Gasteiger charge is -2.17. The van der Waals surface area contributed by atoms with Crippen LogP contribution in [0.15, 0.2) is 78.2 Å². The molecule has 0 unspecified atom stereocenters. The molecule has 4 aromatic rings. The van der Waals surface area contributed by atoms with Crippen LogP contribution in [0.1, 0.15) is 24.9 Å². The number of fused-ring (bicyclic) bond motifs is 1. The van der Waals surface area contributed by atoms with Crippen LogP contribution in [0, 0.1) is 0 Å². The largest absolute Gasteiger partial charge is 0.349 e. The van der Waals surface area contributed by atoms with Crippen LogP contribution in [0.25, 0.3) is 22.0 Å². The molecule has 2 amide bonds. The first-order valence-corrected chi connectivity index (χ1v) is 10.5. The summed E-state index contributed by atoms with van der Waals surface area (Å²) >= 11 is 1.39. The first-order valence-electron chi connectivity index (χ1n) is 9.66. The van der Waals surface area contributed by atoms with Crippen molar-refractivity contribution >= 4 is 39.1 Å². The van der Waals surface area contributed by atoms with E-state index in [1.54, 1.807) is 0 Å². The first-order chi connectivity index (χ1) is 14.6. The number of anilines is 1. The molecule has 0 aliphatic carbocycles. The Morgan fingerprint density at radius 1 is 0.967 bits per heavy atom. The highest BCUT2D eigenvalue weighted by molar-refractivity contribution is 7.14. The zero-order valence-electron chi connectivity index (χ0n) is 16.5. The fourth-order valence-electron chi connectivity index (χ4n) is 3.44. The van der Waals surface area contributed by atoms with E-state index in [1.165, 1.54) is 18.3 Å². The fourth-order valence-corrected chi connectivity index (χ4v) is 4.17. The Balaban J connectivity index is 1.50. The van der Waals surface area contributed by atoms with Crippen molar-refractivity contribution in [3.63, 3.8) is 0 Å². The second-order valence-corrected chi connectivity index (χ2v) is 7.84. The van der Waals surface area contributed by atoms with E-state index in [0.717, 1.165) is 27.6 Å². The van der Waals surface area contributed by atoms with Crippen LogP contribution in [0.2, 0.25) is 0 Å². The summed E-state index contributed by atoms with van der Waals surface area (Å²) < 4.78 is 0. The molecule has 0 aliphatic rings. The molecule has 150 valence electrons. The van der Waals surface area contributed by atoms with Gasteiger partial charge in [0.1, 0.15) is 0 Å². The number of amides is 2. The van der Waals surface area contributed by atoms with Crippen LogP contribution in [0.4, 0.5) is 5.13 Å². The van der Waals surface area contributed by atoms with Gasteiger partial charge < -0.3 is 10.6 Å². The Kier molecular flexibility index (Phi) is 5.86. The number of thiazole rings is 1. The first kappa shape index (κ1) is 19.8. The van der Waals surface area contributed by atoms with E-state index in [1.807, 2.05) is 60.0 Å². The summed E-state index contributed by atoms with van der Waals surface area (Å²) in [6.07, 6.45) is 0.132. The topological polar surface area (TPSA) is 71.1 Å². The van der Waals surface area contributed by atoms with Gasteiger partial charge in [-0.25, -0.2) is 4.98 Å². The molecule has 2 N–H and O–H groups in total. The summed E-state index contributed by atoms with van der Waals surface area (Å²) in [5, 5.41) is 10.5. The lowest BCUT2D eigenvalue weighted by Crippen LogP contribution is -2.29. The predicted molar refractivity (Wildman–Crippen MR) is 121 cm³/mol. The summed E-state index contributed by atoms with van der Waals surface area (Å²) in [6, 6.07) is 23.4. The van der Waals surface area contributed by atoms with Gasteiger partial charge in [-0.05, 0) is 16.3 Å². The van der Waals surface area contributed by atoms with Crippen LogP contribution in [-0.4, -0.2) is 16.8 Å². The molecule has 0 saturated heterocycles. The molecule has 3 aromatic carbocycles. The zero-order chi connectivity index (χ0) is 20.9. The van der Waals surface area contributed by atoms with Crippen molar-refractivity contribution in [1.29, 1.82) is 0 Å². The van der Waals surface area contributed by atoms with Crippen molar-refractivity contribution in [3.05, 3.63) is 83.7 Å². The van der Waals surface area contributed by atoms with E-state index < -0.39 is 0 Å². The lowest BCUT2D eigenvalue weighted by molar-refractivity contribution is -0.120. The Labute approximate surface area is 178 Å². The second-order valence-electron chi connectivity index (χ2n) is 6.98. The zero-order valence-corrected chi connectivity index (χ0v) is 17.3. The van der Waals surface area contributed by atoms with Crippen molar-refractivity contribution in [2.45, 2.75) is 19.4 Å². The van der Waals surface area contributed by atoms with Gasteiger partial charge in [-0.15, -0.1) is 11.3 Å². The molecule has 0 saturated carbocycles. The number of aromatic nitrogens is 1. The van der Waals surface area contributed by atoms with Gasteiger partial charge in [0.15, 0.2) is 5.13 Å². The Morgan fingerprint density at radius 2 is 1.70 bits per heavy atom. The maximum atomic E-state index is 12.6. The predicted octanol–water partition coefficient (Wildman–Crippen LogP) is 5.17. The molecule has 1 atom stereocenters. The summed E-state index contributed by atoms with van der Waals surface area (Å²) in [4.78, 5) is 28.8. The minimum absolute atomic E-state index is 0.132. The number of nitrogens with one attached hydrogen (secondary N) is 2. The summed E-state index contributed by atoms with van der Waals surface area (Å²) in [7, 11) is 0. The maximum absolute atomic E-state index is 12.6. The molecule has 0 radical (unpaired) electrons. The molecule has 1 aromatic heterocycles. The molecule has 0 aliphatic heterocycles.